The molecule has 0 fully saturated rings. The second-order valence-corrected chi connectivity index (χ2v) is 3.03. The molecule has 0 bridgehead atoms. The van der Waals surface area contributed by atoms with E-state index in [1.165, 1.54) is 19.8 Å². The van der Waals surface area contributed by atoms with Crippen molar-refractivity contribution in [3.05, 3.63) is 0 Å². The second kappa shape index (κ2) is 7.10. The molecule has 2 N–H and O–H groups in total. The van der Waals surface area contributed by atoms with Gasteiger partial charge in [-0.25, -0.2) is 0 Å². The Bertz CT molecular complexity index is 124. The molecule has 3 nitrogen and oxygen atoms in total. The molecule has 0 unspecified atom stereocenters. The minimum atomic E-state index is -0.879. The lowest BCUT2D eigenvalue weighted by molar-refractivity contribution is -0.128. The number of carbonyl (C=O) groups is 1. The Hall–Kier alpha value is -0.570. The van der Waals surface area contributed by atoms with Crippen molar-refractivity contribution in [2.45, 2.75) is 45.6 Å². The van der Waals surface area contributed by atoms with Crippen molar-refractivity contribution < 1.29 is 9.90 Å². The van der Waals surface area contributed by atoms with Crippen molar-refractivity contribution in [1.29, 1.82) is 0 Å². The van der Waals surface area contributed by atoms with Gasteiger partial charge in [0.2, 0.25) is 5.91 Å². The van der Waals surface area contributed by atoms with Crippen LogP contribution in [0.25, 0.3) is 0 Å². The molecule has 72 valence electrons. The fourth-order valence-corrected chi connectivity index (χ4v) is 0.911. The maximum atomic E-state index is 10.8. The van der Waals surface area contributed by atoms with Gasteiger partial charge in [-0.05, 0) is 13.3 Å². The smallest absolute Gasteiger partial charge is 0.248 e. The van der Waals surface area contributed by atoms with Crippen LogP contribution < -0.4 is 5.32 Å². The van der Waals surface area contributed by atoms with E-state index < -0.39 is 6.10 Å². The van der Waals surface area contributed by atoms with E-state index in [1.54, 1.807) is 0 Å². The largest absolute Gasteiger partial charge is 0.384 e. The molecular weight excluding hydrogens is 154 g/mol. The first-order valence-electron chi connectivity index (χ1n) is 4.64. The lowest BCUT2D eigenvalue weighted by Crippen LogP contribution is -2.33. The topological polar surface area (TPSA) is 49.3 Å². The number of aliphatic hydroxyl groups is 1. The summed E-state index contributed by atoms with van der Waals surface area (Å²) in [5.74, 6) is -0.272. The summed E-state index contributed by atoms with van der Waals surface area (Å²) in [4.78, 5) is 10.8. The molecule has 0 saturated carbocycles. The SMILES string of the molecule is CCCCCCNC(=O)[C@H](C)O. The summed E-state index contributed by atoms with van der Waals surface area (Å²) in [5.41, 5.74) is 0. The highest BCUT2D eigenvalue weighted by Gasteiger charge is 2.05. The molecule has 0 aliphatic heterocycles. The van der Waals surface area contributed by atoms with Crippen molar-refractivity contribution in [3.63, 3.8) is 0 Å². The van der Waals surface area contributed by atoms with E-state index >= 15 is 0 Å². The van der Waals surface area contributed by atoms with E-state index in [4.69, 9.17) is 5.11 Å². The van der Waals surface area contributed by atoms with Gasteiger partial charge in [0.05, 0.1) is 0 Å². The van der Waals surface area contributed by atoms with E-state index in [-0.39, 0.29) is 5.91 Å². The third kappa shape index (κ3) is 6.16. The molecule has 0 aromatic carbocycles. The highest BCUT2D eigenvalue weighted by atomic mass is 16.3. The van der Waals surface area contributed by atoms with Gasteiger partial charge >= 0.3 is 0 Å². The number of amides is 1. The normalized spacial score (nSPS) is 12.6. The molecule has 0 spiro atoms. The lowest BCUT2D eigenvalue weighted by Gasteiger charge is -2.05. The highest BCUT2D eigenvalue weighted by Crippen LogP contribution is 1.96. The predicted octanol–water partition coefficient (Wildman–Crippen LogP) is 1.06. The average Bonchev–Trinajstić information content (AvgIpc) is 2.03. The third-order valence-electron chi connectivity index (χ3n) is 1.71. The van der Waals surface area contributed by atoms with Gasteiger partial charge < -0.3 is 10.4 Å². The van der Waals surface area contributed by atoms with Crippen LogP contribution in [-0.2, 0) is 4.79 Å². The van der Waals surface area contributed by atoms with E-state index in [0.717, 1.165) is 12.8 Å². The zero-order valence-corrected chi connectivity index (χ0v) is 7.97. The van der Waals surface area contributed by atoms with Gasteiger partial charge in [-0.3, -0.25) is 4.79 Å². The van der Waals surface area contributed by atoms with E-state index in [9.17, 15) is 4.79 Å². The molecule has 0 aliphatic rings. The first kappa shape index (κ1) is 11.4. The average molecular weight is 173 g/mol. The van der Waals surface area contributed by atoms with Gasteiger partial charge in [0.1, 0.15) is 6.10 Å². The molecule has 0 aliphatic carbocycles. The van der Waals surface area contributed by atoms with Gasteiger partial charge in [0.25, 0.3) is 0 Å². The maximum absolute atomic E-state index is 10.8. The summed E-state index contributed by atoms with van der Waals surface area (Å²) in [6.45, 7) is 4.31. The standard InChI is InChI=1S/C9H19NO2/c1-3-4-5-6-7-10-9(12)8(2)11/h8,11H,3-7H2,1-2H3,(H,10,12)/t8-/m0/s1. The van der Waals surface area contributed by atoms with Crippen molar-refractivity contribution in [2.75, 3.05) is 6.54 Å². The number of hydrogen-bond acceptors (Lipinski definition) is 2. The number of rotatable bonds is 6. The Labute approximate surface area is 74.2 Å². The zero-order valence-electron chi connectivity index (χ0n) is 7.97. The summed E-state index contributed by atoms with van der Waals surface area (Å²) >= 11 is 0. The van der Waals surface area contributed by atoms with Crippen LogP contribution in [0, 0.1) is 0 Å². The molecule has 1 atom stereocenters. The Morgan fingerprint density at radius 3 is 2.58 bits per heavy atom. The van der Waals surface area contributed by atoms with Crippen LogP contribution in [0.1, 0.15) is 39.5 Å². The number of nitrogens with one attached hydrogen (secondary N) is 1. The van der Waals surface area contributed by atoms with Gasteiger partial charge in [0, 0.05) is 6.54 Å². The van der Waals surface area contributed by atoms with Crippen LogP contribution in [0.15, 0.2) is 0 Å². The van der Waals surface area contributed by atoms with E-state index in [1.807, 2.05) is 0 Å². The van der Waals surface area contributed by atoms with E-state index in [2.05, 4.69) is 12.2 Å². The molecule has 12 heavy (non-hydrogen) atoms. The Morgan fingerprint density at radius 2 is 2.08 bits per heavy atom. The number of unbranched alkanes of at least 4 members (excludes halogenated alkanes) is 3. The summed E-state index contributed by atoms with van der Waals surface area (Å²) < 4.78 is 0. The highest BCUT2D eigenvalue weighted by molar-refractivity contribution is 5.79. The van der Waals surface area contributed by atoms with Gasteiger partial charge in [-0.15, -0.1) is 0 Å². The fourth-order valence-electron chi connectivity index (χ4n) is 0.911. The number of hydrogen-bond donors (Lipinski definition) is 2. The quantitative estimate of drug-likeness (QED) is 0.590. The molecule has 0 rings (SSSR count). The third-order valence-corrected chi connectivity index (χ3v) is 1.71. The van der Waals surface area contributed by atoms with Gasteiger partial charge in [-0.2, -0.15) is 0 Å². The summed E-state index contributed by atoms with van der Waals surface area (Å²) in [6.07, 6.45) is 3.69. The van der Waals surface area contributed by atoms with Crippen LogP contribution in [0.3, 0.4) is 0 Å². The summed E-state index contributed by atoms with van der Waals surface area (Å²) in [7, 11) is 0. The molecule has 1 amide bonds. The van der Waals surface area contributed by atoms with Gasteiger partial charge in [-0.1, -0.05) is 26.2 Å². The lowest BCUT2D eigenvalue weighted by atomic mass is 10.2. The fraction of sp³-hybridized carbons (Fsp3) is 0.889. The first-order valence-corrected chi connectivity index (χ1v) is 4.64. The Kier molecular flexibility index (Phi) is 6.76. The van der Waals surface area contributed by atoms with Crippen molar-refractivity contribution >= 4 is 5.91 Å². The number of aliphatic hydroxyl groups excluding tert-OH is 1. The monoisotopic (exact) mass is 173 g/mol. The first-order chi connectivity index (χ1) is 5.68. The Morgan fingerprint density at radius 1 is 1.42 bits per heavy atom. The Balaban J connectivity index is 3.14. The van der Waals surface area contributed by atoms with Crippen LogP contribution in [-0.4, -0.2) is 23.7 Å². The van der Waals surface area contributed by atoms with Crippen LogP contribution in [0.2, 0.25) is 0 Å². The molecule has 0 aromatic heterocycles. The molecule has 0 radical (unpaired) electrons. The van der Waals surface area contributed by atoms with E-state index in [0.29, 0.717) is 6.54 Å². The number of carbonyl (C=O) groups excluding carboxylic acids is 1. The van der Waals surface area contributed by atoms with Crippen LogP contribution in [0.4, 0.5) is 0 Å². The summed E-state index contributed by atoms with van der Waals surface area (Å²) in [5, 5.41) is 11.5. The minimum Gasteiger partial charge on any atom is -0.384 e. The summed E-state index contributed by atoms with van der Waals surface area (Å²) in [6, 6.07) is 0. The predicted molar refractivity (Wildman–Crippen MR) is 48.8 cm³/mol. The van der Waals surface area contributed by atoms with Crippen LogP contribution >= 0.6 is 0 Å². The van der Waals surface area contributed by atoms with Crippen molar-refractivity contribution in [3.8, 4) is 0 Å². The molecule has 3 heteroatoms. The zero-order chi connectivity index (χ0) is 9.40. The maximum Gasteiger partial charge on any atom is 0.248 e. The molecular formula is C9H19NO2. The van der Waals surface area contributed by atoms with Crippen molar-refractivity contribution in [1.82, 2.24) is 5.32 Å². The van der Waals surface area contributed by atoms with Crippen molar-refractivity contribution in [2.24, 2.45) is 0 Å². The molecule has 0 saturated heterocycles. The second-order valence-electron chi connectivity index (χ2n) is 3.03. The molecule has 0 heterocycles. The van der Waals surface area contributed by atoms with Crippen LogP contribution in [0.5, 0.6) is 0 Å². The molecule has 0 aromatic rings. The minimum absolute atomic E-state index is 0.272. The van der Waals surface area contributed by atoms with Gasteiger partial charge in [0.15, 0.2) is 0 Å².